The Hall–Kier alpha value is -2.47. The highest BCUT2D eigenvalue weighted by molar-refractivity contribution is 8.19. The zero-order chi connectivity index (χ0) is 15.7. The first-order valence-electron chi connectivity index (χ1n) is 6.35. The van der Waals surface area contributed by atoms with Crippen molar-refractivity contribution in [1.29, 1.82) is 0 Å². The van der Waals surface area contributed by atoms with Crippen molar-refractivity contribution in [2.24, 2.45) is 0 Å². The number of benzene rings is 2. The quantitative estimate of drug-likeness (QED) is 0.779. The van der Waals surface area contributed by atoms with Gasteiger partial charge < -0.3 is 0 Å². The van der Waals surface area contributed by atoms with Crippen LogP contribution in [0.25, 0.3) is 6.08 Å². The highest BCUT2D eigenvalue weighted by Gasteiger charge is 2.37. The molecule has 3 nitrogen and oxygen atoms in total. The van der Waals surface area contributed by atoms with E-state index in [0.29, 0.717) is 11.8 Å². The summed E-state index contributed by atoms with van der Waals surface area (Å²) < 4.78 is 27.4. The van der Waals surface area contributed by atoms with E-state index in [4.69, 9.17) is 0 Å². The molecule has 0 atom stereocenters. The van der Waals surface area contributed by atoms with Gasteiger partial charge in [-0.05, 0) is 36.0 Å². The number of amides is 2. The predicted octanol–water partition coefficient (Wildman–Crippen LogP) is 4.21. The summed E-state index contributed by atoms with van der Waals surface area (Å²) in [7, 11) is 0. The third-order valence-corrected chi connectivity index (χ3v) is 3.95. The Kier molecular flexibility index (Phi) is 3.77. The number of thioether (sulfide) groups is 1. The fraction of sp³-hybridized carbons (Fsp3) is 0. The Morgan fingerprint density at radius 3 is 2.23 bits per heavy atom. The molecule has 6 heteroatoms. The summed E-state index contributed by atoms with van der Waals surface area (Å²) in [5.74, 6) is -1.83. The van der Waals surface area contributed by atoms with E-state index in [2.05, 4.69) is 0 Å². The van der Waals surface area contributed by atoms with Crippen molar-refractivity contribution in [3.8, 4) is 0 Å². The summed E-state index contributed by atoms with van der Waals surface area (Å²) in [5, 5.41) is -0.613. The van der Waals surface area contributed by atoms with E-state index in [9.17, 15) is 18.4 Å². The van der Waals surface area contributed by atoms with Gasteiger partial charge in [0.05, 0.1) is 10.6 Å². The van der Waals surface area contributed by atoms with Gasteiger partial charge in [-0.2, -0.15) is 0 Å². The van der Waals surface area contributed by atoms with Gasteiger partial charge in [-0.3, -0.25) is 9.59 Å². The van der Waals surface area contributed by atoms with Crippen molar-refractivity contribution >= 4 is 34.7 Å². The molecule has 1 aliphatic rings. The number of carbonyl (C=O) groups excluding carboxylic acids is 2. The van der Waals surface area contributed by atoms with Gasteiger partial charge in [0.25, 0.3) is 11.1 Å². The Labute approximate surface area is 129 Å². The number of halogens is 2. The lowest BCUT2D eigenvalue weighted by Crippen LogP contribution is -2.28. The standard InChI is InChI=1S/C16H9F2NO2S/c17-11-6-2-1-5-10(11)9-14-15(20)19(16(21)22-14)13-8-4-3-7-12(13)18/h1-9H/b14-9-. The highest BCUT2D eigenvalue weighted by atomic mass is 32.2. The number of hydrogen-bond donors (Lipinski definition) is 0. The van der Waals surface area contributed by atoms with Crippen molar-refractivity contribution in [2.45, 2.75) is 0 Å². The van der Waals surface area contributed by atoms with E-state index >= 15 is 0 Å². The van der Waals surface area contributed by atoms with Gasteiger partial charge in [0, 0.05) is 5.56 Å². The molecule has 22 heavy (non-hydrogen) atoms. The van der Waals surface area contributed by atoms with Gasteiger partial charge in [0.2, 0.25) is 0 Å². The minimum absolute atomic E-state index is 0.0540. The van der Waals surface area contributed by atoms with Crippen LogP contribution in [0.1, 0.15) is 5.56 Å². The average molecular weight is 317 g/mol. The number of nitrogens with zero attached hydrogens (tertiary/aromatic N) is 1. The van der Waals surface area contributed by atoms with Crippen molar-refractivity contribution < 1.29 is 18.4 Å². The molecule has 2 aromatic rings. The molecular formula is C16H9F2NO2S. The Bertz CT molecular complexity index is 804. The molecule has 0 bridgehead atoms. The second-order valence-electron chi connectivity index (χ2n) is 4.49. The van der Waals surface area contributed by atoms with Crippen LogP contribution in [0.5, 0.6) is 0 Å². The van der Waals surface area contributed by atoms with E-state index in [0.717, 1.165) is 4.90 Å². The number of para-hydroxylation sites is 1. The van der Waals surface area contributed by atoms with Crippen LogP contribution in [0.3, 0.4) is 0 Å². The summed E-state index contributed by atoms with van der Waals surface area (Å²) in [6.45, 7) is 0. The summed E-state index contributed by atoms with van der Waals surface area (Å²) >= 11 is 0.654. The fourth-order valence-electron chi connectivity index (χ4n) is 2.04. The van der Waals surface area contributed by atoms with Crippen LogP contribution in [-0.4, -0.2) is 11.1 Å². The lowest BCUT2D eigenvalue weighted by Gasteiger charge is -2.12. The van der Waals surface area contributed by atoms with Gasteiger partial charge in [-0.1, -0.05) is 30.3 Å². The molecule has 1 saturated heterocycles. The second kappa shape index (κ2) is 5.73. The molecule has 0 spiro atoms. The van der Waals surface area contributed by atoms with Gasteiger partial charge in [-0.25, -0.2) is 13.7 Å². The monoisotopic (exact) mass is 317 g/mol. The van der Waals surface area contributed by atoms with Crippen LogP contribution >= 0.6 is 11.8 Å². The number of hydrogen-bond acceptors (Lipinski definition) is 3. The number of imide groups is 1. The molecule has 0 N–H and O–H groups in total. The second-order valence-corrected chi connectivity index (χ2v) is 5.48. The maximum absolute atomic E-state index is 13.8. The third kappa shape index (κ3) is 2.53. The summed E-state index contributed by atoms with van der Waals surface area (Å²) in [4.78, 5) is 25.1. The SMILES string of the molecule is O=C1S/C(=C\c2ccccc2F)C(=O)N1c1ccccc1F. The van der Waals surface area contributed by atoms with Gasteiger partial charge >= 0.3 is 0 Å². The molecule has 0 unspecified atom stereocenters. The summed E-state index contributed by atoms with van der Waals surface area (Å²) in [6.07, 6.45) is 1.29. The Morgan fingerprint density at radius 2 is 1.55 bits per heavy atom. The molecule has 0 aliphatic carbocycles. The topological polar surface area (TPSA) is 37.4 Å². The van der Waals surface area contributed by atoms with E-state index in [1.54, 1.807) is 6.07 Å². The molecule has 0 saturated carbocycles. The minimum Gasteiger partial charge on any atom is -0.268 e. The summed E-state index contributed by atoms with van der Waals surface area (Å²) in [5.41, 5.74) is 0.0865. The largest absolute Gasteiger partial charge is 0.298 e. The first-order chi connectivity index (χ1) is 10.6. The first-order valence-corrected chi connectivity index (χ1v) is 7.16. The zero-order valence-corrected chi connectivity index (χ0v) is 11.9. The lowest BCUT2D eigenvalue weighted by atomic mass is 10.2. The zero-order valence-electron chi connectivity index (χ0n) is 11.1. The van der Waals surface area contributed by atoms with E-state index in [1.165, 1.54) is 48.5 Å². The van der Waals surface area contributed by atoms with Gasteiger partial charge in [0.15, 0.2) is 0 Å². The number of carbonyl (C=O) groups is 2. The Balaban J connectivity index is 1.99. The molecule has 0 aromatic heterocycles. The molecule has 3 rings (SSSR count). The van der Waals surface area contributed by atoms with Crippen LogP contribution in [0.2, 0.25) is 0 Å². The van der Waals surface area contributed by atoms with Crippen molar-refractivity contribution in [3.05, 3.63) is 70.6 Å². The lowest BCUT2D eigenvalue weighted by molar-refractivity contribution is -0.113. The molecule has 1 heterocycles. The normalized spacial score (nSPS) is 16.6. The van der Waals surface area contributed by atoms with Crippen LogP contribution in [-0.2, 0) is 4.79 Å². The maximum atomic E-state index is 13.8. The molecule has 0 radical (unpaired) electrons. The van der Waals surface area contributed by atoms with Crippen LogP contribution in [0.15, 0.2) is 53.4 Å². The molecule has 110 valence electrons. The van der Waals surface area contributed by atoms with Crippen LogP contribution in [0.4, 0.5) is 19.3 Å². The molecular weight excluding hydrogens is 308 g/mol. The number of anilines is 1. The predicted molar refractivity (Wildman–Crippen MR) is 81.3 cm³/mol. The van der Waals surface area contributed by atoms with Crippen molar-refractivity contribution in [3.63, 3.8) is 0 Å². The van der Waals surface area contributed by atoms with Crippen LogP contribution < -0.4 is 4.90 Å². The molecule has 1 aliphatic heterocycles. The van der Waals surface area contributed by atoms with Crippen LogP contribution in [0, 0.1) is 11.6 Å². The van der Waals surface area contributed by atoms with Crippen molar-refractivity contribution in [1.82, 2.24) is 0 Å². The number of rotatable bonds is 2. The van der Waals surface area contributed by atoms with E-state index in [-0.39, 0.29) is 16.2 Å². The highest BCUT2D eigenvalue weighted by Crippen LogP contribution is 2.36. The Morgan fingerprint density at radius 1 is 0.909 bits per heavy atom. The van der Waals surface area contributed by atoms with Crippen molar-refractivity contribution in [2.75, 3.05) is 4.90 Å². The molecule has 2 amide bonds. The fourth-order valence-corrected chi connectivity index (χ4v) is 2.87. The molecule has 2 aromatic carbocycles. The van der Waals surface area contributed by atoms with E-state index in [1.807, 2.05) is 0 Å². The van der Waals surface area contributed by atoms with E-state index < -0.39 is 22.8 Å². The average Bonchev–Trinajstić information content (AvgIpc) is 2.77. The van der Waals surface area contributed by atoms with Gasteiger partial charge in [-0.15, -0.1) is 0 Å². The third-order valence-electron chi connectivity index (χ3n) is 3.08. The van der Waals surface area contributed by atoms with Gasteiger partial charge in [0.1, 0.15) is 11.6 Å². The smallest absolute Gasteiger partial charge is 0.268 e. The minimum atomic E-state index is -0.669. The first kappa shape index (κ1) is 14.5. The maximum Gasteiger partial charge on any atom is 0.298 e. The molecule has 1 fully saturated rings. The summed E-state index contributed by atoms with van der Waals surface area (Å²) in [6, 6.07) is 11.4.